The molecule has 2 aromatic rings. The molecule has 0 spiro atoms. The molecule has 20 heavy (non-hydrogen) atoms. The molecule has 106 valence electrons. The first-order chi connectivity index (χ1) is 9.65. The number of pyridine rings is 1. The highest BCUT2D eigenvalue weighted by atomic mass is 127. The molecule has 0 fully saturated rings. The highest BCUT2D eigenvalue weighted by Gasteiger charge is 2.17. The first-order valence-electron chi connectivity index (χ1n) is 6.33. The fourth-order valence-corrected chi connectivity index (χ4v) is 2.88. The van der Waals surface area contributed by atoms with Gasteiger partial charge in [-0.05, 0) is 64.5 Å². The molecule has 0 bridgehead atoms. The summed E-state index contributed by atoms with van der Waals surface area (Å²) >= 11 is 8.46. The van der Waals surface area contributed by atoms with Gasteiger partial charge in [0.15, 0.2) is 0 Å². The van der Waals surface area contributed by atoms with Crippen LogP contribution in [-0.4, -0.2) is 18.6 Å². The van der Waals surface area contributed by atoms with Gasteiger partial charge < -0.3 is 10.1 Å². The second kappa shape index (κ2) is 7.24. The Morgan fingerprint density at radius 1 is 1.35 bits per heavy atom. The molecule has 0 saturated carbocycles. The Bertz CT molecular complexity index is 592. The van der Waals surface area contributed by atoms with E-state index in [0.29, 0.717) is 0 Å². The van der Waals surface area contributed by atoms with Crippen LogP contribution >= 0.6 is 34.2 Å². The monoisotopic (exact) mass is 402 g/mol. The molecule has 1 unspecified atom stereocenters. The van der Waals surface area contributed by atoms with Crippen molar-refractivity contribution in [3.8, 4) is 5.75 Å². The van der Waals surface area contributed by atoms with Crippen molar-refractivity contribution < 1.29 is 4.74 Å². The number of hydrogen-bond donors (Lipinski definition) is 1. The standard InChI is InChI=1S/C15H16ClIN2O/c1-3-19-15(10-6-12(20-2)9-18-8-10)13-7-11(16)4-5-14(13)17/h4-9,15,19H,3H2,1-2H3. The average Bonchev–Trinajstić information content (AvgIpc) is 2.47. The van der Waals surface area contributed by atoms with Gasteiger partial charge in [-0.3, -0.25) is 4.98 Å². The van der Waals surface area contributed by atoms with Gasteiger partial charge in [-0.15, -0.1) is 0 Å². The molecule has 1 N–H and O–H groups in total. The maximum atomic E-state index is 6.14. The maximum Gasteiger partial charge on any atom is 0.137 e. The van der Waals surface area contributed by atoms with E-state index in [-0.39, 0.29) is 6.04 Å². The lowest BCUT2D eigenvalue weighted by Crippen LogP contribution is -2.23. The third kappa shape index (κ3) is 3.62. The summed E-state index contributed by atoms with van der Waals surface area (Å²) in [4.78, 5) is 4.24. The van der Waals surface area contributed by atoms with Crippen molar-refractivity contribution in [2.75, 3.05) is 13.7 Å². The van der Waals surface area contributed by atoms with Gasteiger partial charge in [-0.2, -0.15) is 0 Å². The largest absolute Gasteiger partial charge is 0.495 e. The molecule has 0 aliphatic heterocycles. The van der Waals surface area contributed by atoms with E-state index in [1.807, 2.05) is 30.5 Å². The molecule has 1 aromatic carbocycles. The summed E-state index contributed by atoms with van der Waals surface area (Å²) < 4.78 is 6.42. The topological polar surface area (TPSA) is 34.2 Å². The van der Waals surface area contributed by atoms with Crippen LogP contribution < -0.4 is 10.1 Å². The third-order valence-electron chi connectivity index (χ3n) is 2.98. The zero-order chi connectivity index (χ0) is 14.5. The minimum absolute atomic E-state index is 0.0493. The Morgan fingerprint density at radius 3 is 2.85 bits per heavy atom. The Hall–Kier alpha value is -0.850. The molecule has 0 amide bonds. The number of nitrogens with zero attached hydrogens (tertiary/aromatic N) is 1. The van der Waals surface area contributed by atoms with Crippen LogP contribution in [0.2, 0.25) is 5.02 Å². The zero-order valence-electron chi connectivity index (χ0n) is 11.4. The van der Waals surface area contributed by atoms with Crippen LogP contribution in [0.4, 0.5) is 0 Å². The van der Waals surface area contributed by atoms with E-state index < -0.39 is 0 Å². The molecule has 0 aliphatic carbocycles. The number of hydrogen-bond acceptors (Lipinski definition) is 3. The smallest absolute Gasteiger partial charge is 0.137 e. The summed E-state index contributed by atoms with van der Waals surface area (Å²) in [5.41, 5.74) is 2.21. The normalized spacial score (nSPS) is 12.2. The minimum atomic E-state index is 0.0493. The highest BCUT2D eigenvalue weighted by Crippen LogP contribution is 2.29. The molecule has 2 rings (SSSR count). The lowest BCUT2D eigenvalue weighted by Gasteiger charge is -2.20. The zero-order valence-corrected chi connectivity index (χ0v) is 14.3. The molecular formula is C15H16ClIN2O. The molecular weight excluding hydrogens is 387 g/mol. The quantitative estimate of drug-likeness (QED) is 0.766. The van der Waals surface area contributed by atoms with Gasteiger partial charge in [-0.25, -0.2) is 0 Å². The van der Waals surface area contributed by atoms with Crippen molar-refractivity contribution in [2.24, 2.45) is 0 Å². The number of rotatable bonds is 5. The van der Waals surface area contributed by atoms with E-state index in [0.717, 1.165) is 28.4 Å². The Labute approximate surface area is 137 Å². The predicted molar refractivity (Wildman–Crippen MR) is 90.5 cm³/mol. The summed E-state index contributed by atoms with van der Waals surface area (Å²) in [7, 11) is 1.65. The van der Waals surface area contributed by atoms with Gasteiger partial charge in [0, 0.05) is 14.8 Å². The number of aromatic nitrogens is 1. The van der Waals surface area contributed by atoms with E-state index in [1.54, 1.807) is 13.3 Å². The second-order valence-electron chi connectivity index (χ2n) is 4.31. The van der Waals surface area contributed by atoms with Crippen LogP contribution in [0.1, 0.15) is 24.1 Å². The van der Waals surface area contributed by atoms with E-state index in [2.05, 4.69) is 39.8 Å². The first-order valence-corrected chi connectivity index (χ1v) is 7.78. The van der Waals surface area contributed by atoms with Gasteiger partial charge in [0.25, 0.3) is 0 Å². The van der Waals surface area contributed by atoms with Crippen LogP contribution in [-0.2, 0) is 0 Å². The molecule has 1 aromatic heterocycles. The Balaban J connectivity index is 2.46. The lowest BCUT2D eigenvalue weighted by atomic mass is 10.00. The number of nitrogens with one attached hydrogen (secondary N) is 1. The lowest BCUT2D eigenvalue weighted by molar-refractivity contribution is 0.411. The van der Waals surface area contributed by atoms with E-state index in [4.69, 9.17) is 16.3 Å². The Kier molecular flexibility index (Phi) is 5.63. The van der Waals surface area contributed by atoms with Crippen LogP contribution in [0.3, 0.4) is 0 Å². The average molecular weight is 403 g/mol. The maximum absolute atomic E-state index is 6.14. The number of halogens is 2. The van der Waals surface area contributed by atoms with Crippen molar-refractivity contribution in [1.29, 1.82) is 0 Å². The molecule has 0 saturated heterocycles. The first kappa shape index (κ1) is 15.5. The van der Waals surface area contributed by atoms with Crippen LogP contribution in [0.15, 0.2) is 36.7 Å². The summed E-state index contributed by atoms with van der Waals surface area (Å²) in [5.74, 6) is 0.752. The highest BCUT2D eigenvalue weighted by molar-refractivity contribution is 14.1. The molecule has 0 aliphatic rings. The van der Waals surface area contributed by atoms with Crippen molar-refractivity contribution in [3.05, 3.63) is 56.4 Å². The summed E-state index contributed by atoms with van der Waals surface area (Å²) in [6.07, 6.45) is 3.56. The van der Waals surface area contributed by atoms with Crippen molar-refractivity contribution >= 4 is 34.2 Å². The van der Waals surface area contributed by atoms with Crippen LogP contribution in [0.5, 0.6) is 5.75 Å². The fourth-order valence-electron chi connectivity index (χ4n) is 2.05. The third-order valence-corrected chi connectivity index (χ3v) is 4.20. The van der Waals surface area contributed by atoms with Gasteiger partial charge in [-0.1, -0.05) is 18.5 Å². The van der Waals surface area contributed by atoms with Gasteiger partial charge in [0.05, 0.1) is 19.3 Å². The number of benzene rings is 1. The second-order valence-corrected chi connectivity index (χ2v) is 5.91. The molecule has 3 nitrogen and oxygen atoms in total. The molecule has 5 heteroatoms. The van der Waals surface area contributed by atoms with Crippen molar-refractivity contribution in [1.82, 2.24) is 10.3 Å². The summed E-state index contributed by atoms with van der Waals surface area (Å²) in [5, 5.41) is 4.21. The van der Waals surface area contributed by atoms with Crippen LogP contribution in [0, 0.1) is 3.57 Å². The van der Waals surface area contributed by atoms with Gasteiger partial charge in [0.2, 0.25) is 0 Å². The molecule has 0 radical (unpaired) electrons. The van der Waals surface area contributed by atoms with E-state index in [1.165, 1.54) is 3.57 Å². The number of methoxy groups -OCH3 is 1. The van der Waals surface area contributed by atoms with E-state index in [9.17, 15) is 0 Å². The SMILES string of the molecule is CCNC(c1cncc(OC)c1)c1cc(Cl)ccc1I. The summed E-state index contributed by atoms with van der Waals surface area (Å²) in [6.45, 7) is 2.93. The Morgan fingerprint density at radius 2 is 2.15 bits per heavy atom. The van der Waals surface area contributed by atoms with Crippen molar-refractivity contribution in [3.63, 3.8) is 0 Å². The minimum Gasteiger partial charge on any atom is -0.495 e. The fraction of sp³-hybridized carbons (Fsp3) is 0.267. The van der Waals surface area contributed by atoms with Gasteiger partial charge in [0.1, 0.15) is 5.75 Å². The van der Waals surface area contributed by atoms with Crippen molar-refractivity contribution in [2.45, 2.75) is 13.0 Å². The summed E-state index contributed by atoms with van der Waals surface area (Å²) in [6, 6.07) is 7.97. The van der Waals surface area contributed by atoms with Crippen LogP contribution in [0.25, 0.3) is 0 Å². The van der Waals surface area contributed by atoms with E-state index >= 15 is 0 Å². The molecule has 1 heterocycles. The number of ether oxygens (including phenoxy) is 1. The molecule has 1 atom stereocenters. The predicted octanol–water partition coefficient (Wildman–Crippen LogP) is 4.05. The van der Waals surface area contributed by atoms with Gasteiger partial charge >= 0.3 is 0 Å².